The highest BCUT2D eigenvalue weighted by atomic mass is 79.9. The molecule has 2 heterocycles. The standard InChI is InChI=1S/C10H7Br2N3O2S/c1-17-5-2-6(18-4-5)10(16)15-9-8(12)14-7(11)3-13-9/h2-4H,1H3,(H,13,15,16). The summed E-state index contributed by atoms with van der Waals surface area (Å²) in [4.78, 5) is 20.6. The number of nitrogens with one attached hydrogen (secondary N) is 1. The van der Waals surface area contributed by atoms with Crippen LogP contribution in [-0.4, -0.2) is 23.0 Å². The summed E-state index contributed by atoms with van der Waals surface area (Å²) in [6.07, 6.45) is 1.51. The largest absolute Gasteiger partial charge is 0.496 e. The number of aromatic nitrogens is 2. The first-order valence-electron chi connectivity index (χ1n) is 4.72. The van der Waals surface area contributed by atoms with Gasteiger partial charge in [0, 0.05) is 11.4 Å². The predicted octanol–water partition coefficient (Wildman–Crippen LogP) is 3.32. The van der Waals surface area contributed by atoms with Crippen LogP contribution in [0.1, 0.15) is 9.67 Å². The first-order valence-corrected chi connectivity index (χ1v) is 7.18. The first-order chi connectivity index (χ1) is 8.60. The third-order valence-corrected chi connectivity index (χ3v) is 3.81. The van der Waals surface area contributed by atoms with E-state index in [2.05, 4.69) is 47.1 Å². The smallest absolute Gasteiger partial charge is 0.267 e. The molecule has 94 valence electrons. The van der Waals surface area contributed by atoms with Gasteiger partial charge in [0.2, 0.25) is 0 Å². The second-order valence-electron chi connectivity index (χ2n) is 3.14. The zero-order valence-electron chi connectivity index (χ0n) is 9.11. The maximum Gasteiger partial charge on any atom is 0.267 e. The van der Waals surface area contributed by atoms with Crippen molar-refractivity contribution in [2.24, 2.45) is 0 Å². The van der Waals surface area contributed by atoms with Gasteiger partial charge in [-0.2, -0.15) is 0 Å². The molecule has 0 saturated carbocycles. The average molecular weight is 393 g/mol. The Balaban J connectivity index is 2.16. The molecule has 0 aromatic carbocycles. The van der Waals surface area contributed by atoms with Crippen LogP contribution in [-0.2, 0) is 0 Å². The molecule has 0 atom stereocenters. The SMILES string of the molecule is COc1csc(C(=O)Nc2ncc(Br)nc2Br)c1. The van der Waals surface area contributed by atoms with Crippen LogP contribution >= 0.6 is 43.2 Å². The topological polar surface area (TPSA) is 64.1 Å². The van der Waals surface area contributed by atoms with Gasteiger partial charge >= 0.3 is 0 Å². The number of anilines is 1. The van der Waals surface area contributed by atoms with E-state index in [4.69, 9.17) is 4.74 Å². The van der Waals surface area contributed by atoms with E-state index < -0.39 is 0 Å². The maximum absolute atomic E-state index is 11.9. The quantitative estimate of drug-likeness (QED) is 0.870. The summed E-state index contributed by atoms with van der Waals surface area (Å²) >= 11 is 7.72. The number of halogens is 2. The van der Waals surface area contributed by atoms with Gasteiger partial charge in [-0.05, 0) is 31.9 Å². The lowest BCUT2D eigenvalue weighted by Gasteiger charge is -2.04. The normalized spacial score (nSPS) is 10.2. The molecule has 0 aliphatic carbocycles. The number of thiophene rings is 1. The van der Waals surface area contributed by atoms with E-state index >= 15 is 0 Å². The van der Waals surface area contributed by atoms with E-state index in [9.17, 15) is 4.79 Å². The van der Waals surface area contributed by atoms with Crippen LogP contribution in [0, 0.1) is 0 Å². The third kappa shape index (κ3) is 3.06. The third-order valence-electron chi connectivity index (χ3n) is 1.97. The molecule has 2 aromatic rings. The fourth-order valence-electron chi connectivity index (χ4n) is 1.14. The summed E-state index contributed by atoms with van der Waals surface area (Å²) < 4.78 is 6.08. The van der Waals surface area contributed by atoms with Gasteiger partial charge in [-0.3, -0.25) is 4.79 Å². The first kappa shape index (κ1) is 13.4. The van der Waals surface area contributed by atoms with E-state index in [1.807, 2.05) is 0 Å². The van der Waals surface area contributed by atoms with Crippen molar-refractivity contribution in [2.45, 2.75) is 0 Å². The summed E-state index contributed by atoms with van der Waals surface area (Å²) in [6, 6.07) is 1.67. The molecule has 2 aromatic heterocycles. The molecule has 0 radical (unpaired) electrons. The molecular weight excluding hydrogens is 386 g/mol. The Hall–Kier alpha value is -0.990. The summed E-state index contributed by atoms with van der Waals surface area (Å²) in [5, 5.41) is 4.43. The number of hydrogen-bond acceptors (Lipinski definition) is 5. The van der Waals surface area contributed by atoms with E-state index in [1.165, 1.54) is 17.5 Å². The number of rotatable bonds is 3. The molecular formula is C10H7Br2N3O2S. The van der Waals surface area contributed by atoms with Gasteiger partial charge in [0.15, 0.2) is 5.82 Å². The van der Waals surface area contributed by atoms with E-state index in [0.29, 0.717) is 25.7 Å². The lowest BCUT2D eigenvalue weighted by atomic mass is 10.4. The number of methoxy groups -OCH3 is 1. The highest BCUT2D eigenvalue weighted by molar-refractivity contribution is 9.11. The Bertz CT molecular complexity index is 588. The van der Waals surface area contributed by atoms with Crippen molar-refractivity contribution < 1.29 is 9.53 Å². The van der Waals surface area contributed by atoms with Crippen LogP contribution in [0.3, 0.4) is 0 Å². The van der Waals surface area contributed by atoms with Crippen LogP contribution in [0.4, 0.5) is 5.82 Å². The molecule has 0 fully saturated rings. The zero-order chi connectivity index (χ0) is 13.1. The van der Waals surface area contributed by atoms with Gasteiger partial charge in [0.1, 0.15) is 15.0 Å². The van der Waals surface area contributed by atoms with Crippen molar-refractivity contribution in [1.82, 2.24) is 9.97 Å². The van der Waals surface area contributed by atoms with E-state index in [1.54, 1.807) is 18.6 Å². The van der Waals surface area contributed by atoms with Gasteiger partial charge in [0.05, 0.1) is 18.2 Å². The molecule has 0 aliphatic heterocycles. The number of ether oxygens (including phenoxy) is 1. The van der Waals surface area contributed by atoms with Crippen molar-refractivity contribution in [3.05, 3.63) is 31.7 Å². The summed E-state index contributed by atoms with van der Waals surface area (Å²) in [5.74, 6) is 0.780. The molecule has 18 heavy (non-hydrogen) atoms. The second-order valence-corrected chi connectivity index (χ2v) is 5.61. The lowest BCUT2D eigenvalue weighted by Crippen LogP contribution is -2.12. The number of carbonyl (C=O) groups is 1. The van der Waals surface area contributed by atoms with Crippen LogP contribution in [0.2, 0.25) is 0 Å². The molecule has 2 rings (SSSR count). The minimum Gasteiger partial charge on any atom is -0.496 e. The number of nitrogens with zero attached hydrogens (tertiary/aromatic N) is 2. The molecule has 0 saturated heterocycles. The molecule has 1 amide bonds. The lowest BCUT2D eigenvalue weighted by molar-refractivity contribution is 0.103. The maximum atomic E-state index is 11.9. The molecule has 1 N–H and O–H groups in total. The van der Waals surface area contributed by atoms with Crippen molar-refractivity contribution in [2.75, 3.05) is 12.4 Å². The predicted molar refractivity (Wildman–Crippen MR) is 76.3 cm³/mol. The van der Waals surface area contributed by atoms with Crippen LogP contribution < -0.4 is 10.1 Å². The molecule has 0 unspecified atom stereocenters. The minimum absolute atomic E-state index is 0.249. The monoisotopic (exact) mass is 391 g/mol. The van der Waals surface area contributed by atoms with Crippen LogP contribution in [0.25, 0.3) is 0 Å². The van der Waals surface area contributed by atoms with E-state index in [-0.39, 0.29) is 5.91 Å². The second kappa shape index (κ2) is 5.77. The van der Waals surface area contributed by atoms with Gasteiger partial charge in [-0.15, -0.1) is 11.3 Å². The molecule has 0 spiro atoms. The Morgan fingerprint density at radius 3 is 2.89 bits per heavy atom. The highest BCUT2D eigenvalue weighted by Crippen LogP contribution is 2.24. The van der Waals surface area contributed by atoms with Gasteiger partial charge in [-0.25, -0.2) is 9.97 Å². The summed E-state index contributed by atoms with van der Waals surface area (Å²) in [6.45, 7) is 0. The fourth-order valence-corrected chi connectivity index (χ4v) is 2.80. The Kier molecular flexibility index (Phi) is 4.31. The van der Waals surface area contributed by atoms with Crippen molar-refractivity contribution >= 4 is 54.9 Å². The van der Waals surface area contributed by atoms with Crippen LogP contribution in [0.5, 0.6) is 5.75 Å². The summed E-state index contributed by atoms with van der Waals surface area (Å²) in [5.41, 5.74) is 0. The summed E-state index contributed by atoms with van der Waals surface area (Å²) in [7, 11) is 1.56. The van der Waals surface area contributed by atoms with Gasteiger partial charge in [0.25, 0.3) is 5.91 Å². The molecule has 8 heteroatoms. The number of carbonyl (C=O) groups excluding carboxylic acids is 1. The van der Waals surface area contributed by atoms with E-state index in [0.717, 1.165) is 0 Å². The van der Waals surface area contributed by atoms with Crippen molar-refractivity contribution in [3.8, 4) is 5.75 Å². The molecule has 5 nitrogen and oxygen atoms in total. The van der Waals surface area contributed by atoms with Crippen molar-refractivity contribution in [3.63, 3.8) is 0 Å². The fraction of sp³-hybridized carbons (Fsp3) is 0.100. The van der Waals surface area contributed by atoms with Crippen molar-refractivity contribution in [1.29, 1.82) is 0 Å². The van der Waals surface area contributed by atoms with Crippen LogP contribution in [0.15, 0.2) is 26.8 Å². The minimum atomic E-state index is -0.249. The highest BCUT2D eigenvalue weighted by Gasteiger charge is 2.13. The Morgan fingerprint density at radius 2 is 2.28 bits per heavy atom. The number of hydrogen-bond donors (Lipinski definition) is 1. The van der Waals surface area contributed by atoms with Gasteiger partial charge in [-0.1, -0.05) is 0 Å². The van der Waals surface area contributed by atoms with Gasteiger partial charge < -0.3 is 10.1 Å². The molecule has 0 aliphatic rings. The Morgan fingerprint density at radius 1 is 1.50 bits per heavy atom. The zero-order valence-corrected chi connectivity index (χ0v) is 13.1. The number of amides is 1. The Labute approximate surface area is 124 Å². The molecule has 0 bridgehead atoms. The average Bonchev–Trinajstić information content (AvgIpc) is 2.81.